The van der Waals surface area contributed by atoms with Crippen molar-refractivity contribution in [3.63, 3.8) is 0 Å². The number of hydrogen-bond acceptors (Lipinski definition) is 5. The molecule has 24 heavy (non-hydrogen) atoms. The summed E-state index contributed by atoms with van der Waals surface area (Å²) in [5.74, 6) is 2.17. The molecule has 2 N–H and O–H groups in total. The summed E-state index contributed by atoms with van der Waals surface area (Å²) in [4.78, 5) is 12.1. The number of carbonyl (C=O) groups excluding carboxylic acids is 1. The highest BCUT2D eigenvalue weighted by atomic mass is 16.6. The number of carbonyl (C=O) groups is 1. The summed E-state index contributed by atoms with van der Waals surface area (Å²) < 4.78 is 13.0. The molecule has 0 radical (unpaired) electrons. The summed E-state index contributed by atoms with van der Waals surface area (Å²) in [5, 5.41) is 13.5. The van der Waals surface area contributed by atoms with Crippen LogP contribution in [0.3, 0.4) is 0 Å². The van der Waals surface area contributed by atoms with Gasteiger partial charge in [0, 0.05) is 6.54 Å². The molecule has 0 aliphatic carbocycles. The lowest BCUT2D eigenvalue weighted by molar-refractivity contribution is 0.171. The van der Waals surface area contributed by atoms with Crippen molar-refractivity contribution < 1.29 is 14.3 Å². The van der Waals surface area contributed by atoms with Gasteiger partial charge in [-0.25, -0.2) is 4.79 Å². The van der Waals surface area contributed by atoms with Crippen LogP contribution in [0.5, 0.6) is 11.5 Å². The van der Waals surface area contributed by atoms with Crippen molar-refractivity contribution in [2.45, 2.75) is 33.0 Å². The first-order valence-corrected chi connectivity index (χ1v) is 7.98. The standard InChI is InChI=1S/C16H21N5O3/c1-3-21-10-18-20-15(21)9-17-16(22)19-11(2)12-4-5-13-14(8-12)24-7-6-23-13/h4-5,8,10-11H,3,6-7,9H2,1-2H3,(H2,17,19,22). The van der Waals surface area contributed by atoms with Crippen molar-refractivity contribution >= 4 is 6.03 Å². The smallest absolute Gasteiger partial charge is 0.315 e. The SMILES string of the molecule is CCn1cnnc1CNC(=O)NC(C)c1ccc2c(c1)OCCO2. The third-order valence-electron chi connectivity index (χ3n) is 3.86. The number of rotatable bonds is 5. The molecule has 128 valence electrons. The summed E-state index contributed by atoms with van der Waals surface area (Å²) in [5.41, 5.74) is 0.950. The largest absolute Gasteiger partial charge is 0.486 e. The molecule has 2 amide bonds. The summed E-state index contributed by atoms with van der Waals surface area (Å²) in [6.07, 6.45) is 1.65. The van der Waals surface area contributed by atoms with Crippen LogP contribution in [0.4, 0.5) is 4.79 Å². The van der Waals surface area contributed by atoms with E-state index in [1.807, 2.05) is 36.6 Å². The van der Waals surface area contributed by atoms with Crippen LogP contribution in [0.15, 0.2) is 24.5 Å². The number of amides is 2. The Morgan fingerprint density at radius 1 is 1.33 bits per heavy atom. The van der Waals surface area contributed by atoms with Crippen LogP contribution in [0, 0.1) is 0 Å². The number of fused-ring (bicyclic) bond motifs is 1. The van der Waals surface area contributed by atoms with Crippen LogP contribution in [-0.4, -0.2) is 34.0 Å². The molecule has 1 aromatic carbocycles. The Labute approximate surface area is 140 Å². The predicted octanol–water partition coefficient (Wildman–Crippen LogP) is 1.63. The number of benzene rings is 1. The highest BCUT2D eigenvalue weighted by molar-refractivity contribution is 5.74. The van der Waals surface area contributed by atoms with Crippen molar-refractivity contribution in [2.75, 3.05) is 13.2 Å². The molecule has 2 heterocycles. The molecule has 0 spiro atoms. The Morgan fingerprint density at radius 2 is 2.12 bits per heavy atom. The van der Waals surface area contributed by atoms with Crippen molar-refractivity contribution in [3.05, 3.63) is 35.9 Å². The topological polar surface area (TPSA) is 90.3 Å². The molecule has 2 aromatic rings. The van der Waals surface area contributed by atoms with Gasteiger partial charge in [-0.05, 0) is 31.5 Å². The molecule has 1 atom stereocenters. The molecule has 1 unspecified atom stereocenters. The molecular weight excluding hydrogens is 310 g/mol. The zero-order valence-corrected chi connectivity index (χ0v) is 13.8. The predicted molar refractivity (Wildman–Crippen MR) is 86.9 cm³/mol. The maximum Gasteiger partial charge on any atom is 0.315 e. The third-order valence-corrected chi connectivity index (χ3v) is 3.86. The van der Waals surface area contributed by atoms with E-state index >= 15 is 0 Å². The Morgan fingerprint density at radius 3 is 2.92 bits per heavy atom. The van der Waals surface area contributed by atoms with Crippen LogP contribution in [0.1, 0.15) is 31.3 Å². The maximum absolute atomic E-state index is 12.1. The molecule has 0 saturated carbocycles. The second-order valence-corrected chi connectivity index (χ2v) is 5.48. The summed E-state index contributed by atoms with van der Waals surface area (Å²) >= 11 is 0. The van der Waals surface area contributed by atoms with E-state index in [0.717, 1.165) is 23.7 Å². The van der Waals surface area contributed by atoms with Gasteiger partial charge in [-0.3, -0.25) is 0 Å². The van der Waals surface area contributed by atoms with Gasteiger partial charge >= 0.3 is 6.03 Å². The van der Waals surface area contributed by atoms with Gasteiger partial charge in [0.25, 0.3) is 0 Å². The normalized spacial score (nSPS) is 14.1. The molecule has 0 bridgehead atoms. The maximum atomic E-state index is 12.1. The lowest BCUT2D eigenvalue weighted by Crippen LogP contribution is -2.37. The molecular formula is C16H21N5O3. The van der Waals surface area contributed by atoms with E-state index in [1.54, 1.807) is 6.33 Å². The van der Waals surface area contributed by atoms with E-state index in [1.165, 1.54) is 0 Å². The van der Waals surface area contributed by atoms with Crippen molar-refractivity contribution in [1.29, 1.82) is 0 Å². The fourth-order valence-corrected chi connectivity index (χ4v) is 2.50. The van der Waals surface area contributed by atoms with Crippen molar-refractivity contribution in [2.24, 2.45) is 0 Å². The Kier molecular flexibility index (Phi) is 4.83. The molecule has 3 rings (SSSR count). The number of hydrogen-bond donors (Lipinski definition) is 2. The Balaban J connectivity index is 1.56. The molecule has 1 aliphatic rings. The van der Waals surface area contributed by atoms with Gasteiger partial charge < -0.3 is 24.7 Å². The van der Waals surface area contributed by atoms with Crippen LogP contribution in [0.2, 0.25) is 0 Å². The lowest BCUT2D eigenvalue weighted by atomic mass is 10.1. The molecule has 1 aromatic heterocycles. The number of aromatic nitrogens is 3. The van der Waals surface area contributed by atoms with Gasteiger partial charge in [0.05, 0.1) is 12.6 Å². The van der Waals surface area contributed by atoms with Crippen molar-refractivity contribution in [1.82, 2.24) is 25.4 Å². The van der Waals surface area contributed by atoms with Gasteiger partial charge in [0.15, 0.2) is 17.3 Å². The first kappa shape index (κ1) is 16.1. The second kappa shape index (κ2) is 7.20. The third kappa shape index (κ3) is 3.58. The van der Waals surface area contributed by atoms with Gasteiger partial charge in [-0.1, -0.05) is 6.07 Å². The first-order valence-electron chi connectivity index (χ1n) is 7.98. The lowest BCUT2D eigenvalue weighted by Gasteiger charge is -2.21. The van der Waals surface area contributed by atoms with Crippen LogP contribution in [-0.2, 0) is 13.1 Å². The fourth-order valence-electron chi connectivity index (χ4n) is 2.50. The minimum atomic E-state index is -0.261. The highest BCUT2D eigenvalue weighted by Crippen LogP contribution is 2.32. The summed E-state index contributed by atoms with van der Waals surface area (Å²) in [6.45, 7) is 6.10. The van der Waals surface area contributed by atoms with Gasteiger partial charge in [-0.2, -0.15) is 0 Å². The Bertz CT molecular complexity index is 715. The molecule has 0 fully saturated rings. The quantitative estimate of drug-likeness (QED) is 0.869. The van der Waals surface area contributed by atoms with Crippen LogP contribution in [0.25, 0.3) is 0 Å². The van der Waals surface area contributed by atoms with E-state index < -0.39 is 0 Å². The highest BCUT2D eigenvalue weighted by Gasteiger charge is 2.16. The van der Waals surface area contributed by atoms with Gasteiger partial charge in [0.2, 0.25) is 0 Å². The monoisotopic (exact) mass is 331 g/mol. The van der Waals surface area contributed by atoms with Gasteiger partial charge in [-0.15, -0.1) is 10.2 Å². The molecule has 8 heteroatoms. The first-order chi connectivity index (χ1) is 11.7. The van der Waals surface area contributed by atoms with Crippen LogP contribution < -0.4 is 20.1 Å². The number of nitrogens with zero attached hydrogens (tertiary/aromatic N) is 3. The van der Waals surface area contributed by atoms with Gasteiger partial charge in [0.1, 0.15) is 19.5 Å². The van der Waals surface area contributed by atoms with E-state index in [4.69, 9.17) is 9.47 Å². The molecule has 0 saturated heterocycles. The van der Waals surface area contributed by atoms with Crippen LogP contribution >= 0.6 is 0 Å². The zero-order chi connectivity index (χ0) is 16.9. The number of aryl methyl sites for hydroxylation is 1. The Hall–Kier alpha value is -2.77. The second-order valence-electron chi connectivity index (χ2n) is 5.48. The van der Waals surface area contributed by atoms with E-state index in [9.17, 15) is 4.79 Å². The number of nitrogens with one attached hydrogen (secondary N) is 2. The fraction of sp³-hybridized carbons (Fsp3) is 0.438. The molecule has 1 aliphatic heterocycles. The average Bonchev–Trinajstić information content (AvgIpc) is 3.07. The minimum Gasteiger partial charge on any atom is -0.486 e. The number of ether oxygens (including phenoxy) is 2. The molecule has 8 nitrogen and oxygen atoms in total. The van der Waals surface area contributed by atoms with Crippen molar-refractivity contribution in [3.8, 4) is 11.5 Å². The summed E-state index contributed by atoms with van der Waals surface area (Å²) in [7, 11) is 0. The van der Waals surface area contributed by atoms with E-state index in [0.29, 0.717) is 25.5 Å². The van der Waals surface area contributed by atoms with E-state index in [-0.39, 0.29) is 12.1 Å². The zero-order valence-electron chi connectivity index (χ0n) is 13.8. The minimum absolute atomic E-state index is 0.162. The van der Waals surface area contributed by atoms with E-state index in [2.05, 4.69) is 20.8 Å². The summed E-state index contributed by atoms with van der Waals surface area (Å²) in [6, 6.07) is 5.26. The number of urea groups is 1. The average molecular weight is 331 g/mol.